The molecule has 0 aliphatic carbocycles. The van der Waals surface area contributed by atoms with Gasteiger partial charge in [-0.2, -0.15) is 0 Å². The van der Waals surface area contributed by atoms with Crippen molar-refractivity contribution >= 4 is 0 Å². The van der Waals surface area contributed by atoms with Crippen molar-refractivity contribution in [3.05, 3.63) is 0 Å². The Morgan fingerprint density at radius 1 is 1.18 bits per heavy atom. The van der Waals surface area contributed by atoms with Crippen LogP contribution in [0.15, 0.2) is 0 Å². The molecular formula is C14H29FN2. The molecule has 102 valence electrons. The molecule has 0 aromatic rings. The van der Waals surface area contributed by atoms with E-state index >= 15 is 0 Å². The van der Waals surface area contributed by atoms with E-state index in [0.717, 1.165) is 32.1 Å². The van der Waals surface area contributed by atoms with Crippen LogP contribution in [0.5, 0.6) is 0 Å². The molecule has 2 nitrogen and oxygen atoms in total. The Bertz CT molecular complexity index is 212. The Kier molecular flexibility index (Phi) is 5.87. The Balaban J connectivity index is 0.000000686. The summed E-state index contributed by atoms with van der Waals surface area (Å²) in [5, 5.41) is 0. The van der Waals surface area contributed by atoms with E-state index in [4.69, 9.17) is 0 Å². The van der Waals surface area contributed by atoms with Gasteiger partial charge >= 0.3 is 0 Å². The molecule has 0 unspecified atom stereocenters. The van der Waals surface area contributed by atoms with Crippen LogP contribution in [0.1, 0.15) is 40.0 Å². The van der Waals surface area contributed by atoms with Crippen molar-refractivity contribution in [3.8, 4) is 0 Å². The maximum absolute atomic E-state index is 14.5. The van der Waals surface area contributed by atoms with E-state index in [2.05, 4.69) is 23.8 Å². The Labute approximate surface area is 106 Å². The van der Waals surface area contributed by atoms with Crippen LogP contribution in [0, 0.1) is 5.92 Å². The van der Waals surface area contributed by atoms with Crippen molar-refractivity contribution in [1.29, 1.82) is 0 Å². The van der Waals surface area contributed by atoms with E-state index in [0.29, 0.717) is 19.4 Å². The van der Waals surface area contributed by atoms with Crippen LogP contribution in [-0.4, -0.2) is 55.2 Å². The minimum atomic E-state index is -0.906. The van der Waals surface area contributed by atoms with E-state index < -0.39 is 5.67 Å². The van der Waals surface area contributed by atoms with Gasteiger partial charge in [0.1, 0.15) is 5.67 Å². The van der Waals surface area contributed by atoms with Crippen molar-refractivity contribution in [2.75, 3.05) is 39.8 Å². The third-order valence-electron chi connectivity index (χ3n) is 3.90. The van der Waals surface area contributed by atoms with Gasteiger partial charge in [-0.1, -0.05) is 20.8 Å². The maximum atomic E-state index is 14.5. The molecule has 0 radical (unpaired) electrons. The van der Waals surface area contributed by atoms with Crippen LogP contribution in [-0.2, 0) is 0 Å². The molecule has 0 spiro atoms. The largest absolute Gasteiger partial charge is 0.306 e. The number of alkyl halides is 1. The first kappa shape index (κ1) is 14.9. The normalized spacial score (nSPS) is 29.8. The van der Waals surface area contributed by atoms with Gasteiger partial charge in [-0.15, -0.1) is 0 Å². The SMILES string of the molecule is CC.C[C@H]1CCN(CC2(F)CCN(C)CC2)C1. The average Bonchev–Trinajstić information content (AvgIpc) is 2.71. The summed E-state index contributed by atoms with van der Waals surface area (Å²) in [5.74, 6) is 0.764. The monoisotopic (exact) mass is 244 g/mol. The first-order valence-electron chi connectivity index (χ1n) is 7.17. The summed E-state index contributed by atoms with van der Waals surface area (Å²) in [6.45, 7) is 11.0. The van der Waals surface area contributed by atoms with Crippen LogP contribution in [0.4, 0.5) is 4.39 Å². The summed E-state index contributed by atoms with van der Waals surface area (Å²) in [7, 11) is 2.08. The number of halogens is 1. The van der Waals surface area contributed by atoms with Gasteiger partial charge in [-0.25, -0.2) is 4.39 Å². The zero-order valence-electron chi connectivity index (χ0n) is 12.0. The summed E-state index contributed by atoms with van der Waals surface area (Å²) in [6.07, 6.45) is 2.68. The summed E-state index contributed by atoms with van der Waals surface area (Å²) in [5.41, 5.74) is -0.906. The van der Waals surface area contributed by atoms with Gasteiger partial charge in [0, 0.05) is 26.2 Å². The quantitative estimate of drug-likeness (QED) is 0.737. The Hall–Kier alpha value is -0.150. The van der Waals surface area contributed by atoms with Crippen LogP contribution in [0.25, 0.3) is 0 Å². The van der Waals surface area contributed by atoms with Crippen molar-refractivity contribution in [1.82, 2.24) is 9.80 Å². The second-order valence-electron chi connectivity index (χ2n) is 5.58. The molecule has 0 aromatic carbocycles. The molecule has 2 aliphatic rings. The fourth-order valence-electron chi connectivity index (χ4n) is 2.75. The third kappa shape index (κ3) is 4.55. The Morgan fingerprint density at radius 3 is 2.24 bits per heavy atom. The molecule has 0 bridgehead atoms. The molecule has 0 saturated carbocycles. The van der Waals surface area contributed by atoms with Crippen LogP contribution in [0.3, 0.4) is 0 Å². The van der Waals surface area contributed by atoms with Crippen molar-refractivity contribution in [2.45, 2.75) is 45.7 Å². The smallest absolute Gasteiger partial charge is 0.126 e. The van der Waals surface area contributed by atoms with Gasteiger partial charge in [-0.3, -0.25) is 4.90 Å². The lowest BCUT2D eigenvalue weighted by molar-refractivity contribution is 0.0375. The summed E-state index contributed by atoms with van der Waals surface area (Å²) in [6, 6.07) is 0. The topological polar surface area (TPSA) is 6.48 Å². The predicted octanol–water partition coefficient (Wildman–Crippen LogP) is 2.79. The van der Waals surface area contributed by atoms with E-state index in [1.54, 1.807) is 0 Å². The van der Waals surface area contributed by atoms with Crippen molar-refractivity contribution < 1.29 is 4.39 Å². The van der Waals surface area contributed by atoms with E-state index in [1.165, 1.54) is 6.42 Å². The van der Waals surface area contributed by atoms with Gasteiger partial charge in [-0.05, 0) is 38.8 Å². The lowest BCUT2D eigenvalue weighted by atomic mass is 9.93. The van der Waals surface area contributed by atoms with Crippen LogP contribution < -0.4 is 0 Å². The summed E-state index contributed by atoms with van der Waals surface area (Å²) in [4.78, 5) is 4.54. The van der Waals surface area contributed by atoms with Crippen LogP contribution >= 0.6 is 0 Å². The fraction of sp³-hybridized carbons (Fsp3) is 1.00. The van der Waals surface area contributed by atoms with Gasteiger partial charge in [0.05, 0.1) is 0 Å². The lowest BCUT2D eigenvalue weighted by Gasteiger charge is -2.36. The molecule has 2 fully saturated rings. The average molecular weight is 244 g/mol. The zero-order valence-corrected chi connectivity index (χ0v) is 12.0. The predicted molar refractivity (Wildman–Crippen MR) is 72.1 cm³/mol. The van der Waals surface area contributed by atoms with E-state index in [1.807, 2.05) is 13.8 Å². The molecule has 2 aliphatic heterocycles. The van der Waals surface area contributed by atoms with Crippen molar-refractivity contribution in [2.24, 2.45) is 5.92 Å². The van der Waals surface area contributed by atoms with Crippen molar-refractivity contribution in [3.63, 3.8) is 0 Å². The molecule has 17 heavy (non-hydrogen) atoms. The molecule has 2 heterocycles. The highest BCUT2D eigenvalue weighted by atomic mass is 19.1. The molecule has 1 atom stereocenters. The molecule has 3 heteroatoms. The molecule has 0 N–H and O–H groups in total. The molecule has 0 aromatic heterocycles. The van der Waals surface area contributed by atoms with Gasteiger partial charge < -0.3 is 4.90 Å². The molecular weight excluding hydrogens is 215 g/mol. The van der Waals surface area contributed by atoms with Gasteiger partial charge in [0.15, 0.2) is 0 Å². The van der Waals surface area contributed by atoms with E-state index in [-0.39, 0.29) is 0 Å². The minimum absolute atomic E-state index is 0.672. The van der Waals surface area contributed by atoms with Gasteiger partial charge in [0.2, 0.25) is 0 Å². The first-order chi connectivity index (χ1) is 8.07. The highest BCUT2D eigenvalue weighted by Crippen LogP contribution is 2.29. The second-order valence-corrected chi connectivity index (χ2v) is 5.58. The number of likely N-dealkylation sites (tertiary alicyclic amines) is 2. The molecule has 2 saturated heterocycles. The fourth-order valence-corrected chi connectivity index (χ4v) is 2.75. The second kappa shape index (κ2) is 6.69. The zero-order chi connectivity index (χ0) is 12.9. The number of nitrogens with zero attached hydrogens (tertiary/aromatic N) is 2. The summed E-state index contributed by atoms with van der Waals surface area (Å²) < 4.78 is 14.5. The maximum Gasteiger partial charge on any atom is 0.126 e. The summed E-state index contributed by atoms with van der Waals surface area (Å²) >= 11 is 0. The molecule has 2 rings (SSSR count). The molecule has 0 amide bonds. The van der Waals surface area contributed by atoms with E-state index in [9.17, 15) is 4.39 Å². The third-order valence-corrected chi connectivity index (χ3v) is 3.90. The number of hydrogen-bond donors (Lipinski definition) is 0. The van der Waals surface area contributed by atoms with Gasteiger partial charge in [0.25, 0.3) is 0 Å². The highest BCUT2D eigenvalue weighted by molar-refractivity contribution is 4.90. The Morgan fingerprint density at radius 2 is 1.76 bits per heavy atom. The number of rotatable bonds is 2. The minimum Gasteiger partial charge on any atom is -0.306 e. The number of hydrogen-bond acceptors (Lipinski definition) is 2. The number of piperidine rings is 1. The highest BCUT2D eigenvalue weighted by Gasteiger charge is 2.36. The van der Waals surface area contributed by atoms with Crippen LogP contribution in [0.2, 0.25) is 0 Å². The lowest BCUT2D eigenvalue weighted by Crippen LogP contribution is -2.46. The first-order valence-corrected chi connectivity index (χ1v) is 7.17. The standard InChI is InChI=1S/C12H23FN2.C2H6/c1-11-3-6-15(9-11)10-12(13)4-7-14(2)8-5-12;1-2/h11H,3-10H2,1-2H3;1-2H3/t11-;/m0./s1.